The van der Waals surface area contributed by atoms with Crippen LogP contribution in [0.3, 0.4) is 0 Å². The zero-order chi connectivity index (χ0) is 10.0. The standard InChI is InChI=1S/C9H12BrNO2/c1-4-13-9(12)7-5(2)11-6(3)8(7)10/h11H,4H2,1-3H3. The molecule has 72 valence electrons. The number of carbonyl (C=O) groups is 1. The molecule has 1 aromatic heterocycles. The van der Waals surface area contributed by atoms with E-state index >= 15 is 0 Å². The monoisotopic (exact) mass is 245 g/mol. The first-order valence-electron chi connectivity index (χ1n) is 4.09. The van der Waals surface area contributed by atoms with Crippen molar-refractivity contribution in [3.63, 3.8) is 0 Å². The number of esters is 1. The topological polar surface area (TPSA) is 42.1 Å². The number of hydrogen-bond acceptors (Lipinski definition) is 2. The molecule has 0 aliphatic carbocycles. The third kappa shape index (κ3) is 1.94. The molecule has 0 bridgehead atoms. The van der Waals surface area contributed by atoms with Gasteiger partial charge >= 0.3 is 5.97 Å². The molecule has 0 aliphatic rings. The van der Waals surface area contributed by atoms with Crippen LogP contribution in [0.25, 0.3) is 0 Å². The van der Waals surface area contributed by atoms with Crippen molar-refractivity contribution < 1.29 is 9.53 Å². The summed E-state index contributed by atoms with van der Waals surface area (Å²) >= 11 is 3.34. The molecule has 13 heavy (non-hydrogen) atoms. The van der Waals surface area contributed by atoms with Crippen molar-refractivity contribution in [1.29, 1.82) is 0 Å². The summed E-state index contributed by atoms with van der Waals surface area (Å²) in [5, 5.41) is 0. The molecule has 1 aromatic rings. The van der Waals surface area contributed by atoms with Crippen LogP contribution in [0.5, 0.6) is 0 Å². The van der Waals surface area contributed by atoms with Gasteiger partial charge in [-0.15, -0.1) is 0 Å². The second-order valence-corrected chi connectivity index (χ2v) is 3.58. The van der Waals surface area contributed by atoms with Gasteiger partial charge in [0.05, 0.1) is 16.6 Å². The first-order chi connectivity index (χ1) is 6.07. The number of carbonyl (C=O) groups excluding carboxylic acids is 1. The molecule has 4 heteroatoms. The van der Waals surface area contributed by atoms with Crippen LogP contribution in [-0.2, 0) is 4.74 Å². The Balaban J connectivity index is 3.06. The van der Waals surface area contributed by atoms with Crippen LogP contribution in [0.1, 0.15) is 28.7 Å². The SMILES string of the molecule is CCOC(=O)c1c(C)[nH]c(C)c1Br. The zero-order valence-electron chi connectivity index (χ0n) is 7.90. The Morgan fingerprint density at radius 1 is 1.46 bits per heavy atom. The van der Waals surface area contributed by atoms with Gasteiger partial charge in [0.25, 0.3) is 0 Å². The minimum atomic E-state index is -0.281. The number of H-pyrrole nitrogens is 1. The highest BCUT2D eigenvalue weighted by Crippen LogP contribution is 2.24. The molecule has 0 atom stereocenters. The highest BCUT2D eigenvalue weighted by atomic mass is 79.9. The van der Waals surface area contributed by atoms with E-state index in [1.807, 2.05) is 13.8 Å². The molecule has 1 heterocycles. The summed E-state index contributed by atoms with van der Waals surface area (Å²) in [6.07, 6.45) is 0. The fourth-order valence-electron chi connectivity index (χ4n) is 1.20. The second kappa shape index (κ2) is 3.96. The summed E-state index contributed by atoms with van der Waals surface area (Å²) < 4.78 is 5.71. The molecule has 0 saturated heterocycles. The summed E-state index contributed by atoms with van der Waals surface area (Å²) in [5.41, 5.74) is 2.38. The van der Waals surface area contributed by atoms with E-state index in [4.69, 9.17) is 4.74 Å². The van der Waals surface area contributed by atoms with E-state index in [-0.39, 0.29) is 5.97 Å². The largest absolute Gasteiger partial charge is 0.462 e. The Hall–Kier alpha value is -0.770. The summed E-state index contributed by atoms with van der Waals surface area (Å²) in [4.78, 5) is 14.5. The number of rotatable bonds is 2. The van der Waals surface area contributed by atoms with Gasteiger partial charge in [-0.1, -0.05) is 0 Å². The van der Waals surface area contributed by atoms with Gasteiger partial charge in [-0.3, -0.25) is 0 Å². The van der Waals surface area contributed by atoms with Crippen molar-refractivity contribution >= 4 is 21.9 Å². The predicted molar refractivity (Wildman–Crippen MR) is 53.9 cm³/mol. The maximum atomic E-state index is 11.4. The van der Waals surface area contributed by atoms with E-state index in [9.17, 15) is 4.79 Å². The molecule has 0 aliphatic heterocycles. The predicted octanol–water partition coefficient (Wildman–Crippen LogP) is 2.57. The Bertz CT molecular complexity index is 331. The van der Waals surface area contributed by atoms with Gasteiger partial charge in [0, 0.05) is 11.4 Å². The number of hydrogen-bond donors (Lipinski definition) is 1. The van der Waals surface area contributed by atoms with Gasteiger partial charge in [0.15, 0.2) is 0 Å². The molecule has 0 saturated carbocycles. The number of aryl methyl sites for hydroxylation is 2. The van der Waals surface area contributed by atoms with Crippen LogP contribution >= 0.6 is 15.9 Å². The van der Waals surface area contributed by atoms with Crippen LogP contribution in [-0.4, -0.2) is 17.6 Å². The Labute approximate surface area is 85.6 Å². The van der Waals surface area contributed by atoms with E-state index in [2.05, 4.69) is 20.9 Å². The smallest absolute Gasteiger partial charge is 0.341 e. The molecule has 0 unspecified atom stereocenters. The number of aromatic amines is 1. The first-order valence-corrected chi connectivity index (χ1v) is 4.89. The van der Waals surface area contributed by atoms with E-state index in [0.29, 0.717) is 12.2 Å². The Morgan fingerprint density at radius 3 is 2.46 bits per heavy atom. The van der Waals surface area contributed by atoms with Gasteiger partial charge in [0.1, 0.15) is 0 Å². The third-order valence-electron chi connectivity index (χ3n) is 1.78. The highest BCUT2D eigenvalue weighted by molar-refractivity contribution is 9.10. The van der Waals surface area contributed by atoms with Gasteiger partial charge in [-0.2, -0.15) is 0 Å². The van der Waals surface area contributed by atoms with Crippen molar-refractivity contribution in [3.8, 4) is 0 Å². The number of aromatic nitrogens is 1. The maximum absolute atomic E-state index is 11.4. The van der Waals surface area contributed by atoms with Crippen molar-refractivity contribution in [1.82, 2.24) is 4.98 Å². The molecule has 0 amide bonds. The highest BCUT2D eigenvalue weighted by Gasteiger charge is 2.17. The second-order valence-electron chi connectivity index (χ2n) is 2.78. The van der Waals surface area contributed by atoms with E-state index in [1.165, 1.54) is 0 Å². The molecule has 1 N–H and O–H groups in total. The molecular weight excluding hydrogens is 234 g/mol. The quantitative estimate of drug-likeness (QED) is 0.815. The van der Waals surface area contributed by atoms with Crippen LogP contribution in [0, 0.1) is 13.8 Å². The first kappa shape index (κ1) is 10.3. The minimum absolute atomic E-state index is 0.281. The van der Waals surface area contributed by atoms with Crippen LogP contribution in [0.4, 0.5) is 0 Å². The van der Waals surface area contributed by atoms with Gasteiger partial charge in [-0.05, 0) is 36.7 Å². The average Bonchev–Trinajstić information content (AvgIpc) is 2.27. The minimum Gasteiger partial charge on any atom is -0.462 e. The molecule has 0 radical (unpaired) electrons. The van der Waals surface area contributed by atoms with Gasteiger partial charge in [-0.25, -0.2) is 4.79 Å². The maximum Gasteiger partial charge on any atom is 0.341 e. The molecule has 3 nitrogen and oxygen atoms in total. The van der Waals surface area contributed by atoms with Crippen LogP contribution in [0.2, 0.25) is 0 Å². The Morgan fingerprint density at radius 2 is 2.08 bits per heavy atom. The van der Waals surface area contributed by atoms with Crippen LogP contribution < -0.4 is 0 Å². The lowest BCUT2D eigenvalue weighted by atomic mass is 10.2. The number of ether oxygens (including phenoxy) is 1. The molecule has 1 rings (SSSR count). The third-order valence-corrected chi connectivity index (χ3v) is 2.77. The van der Waals surface area contributed by atoms with Crippen molar-refractivity contribution in [2.45, 2.75) is 20.8 Å². The van der Waals surface area contributed by atoms with Crippen molar-refractivity contribution in [2.24, 2.45) is 0 Å². The lowest BCUT2D eigenvalue weighted by Gasteiger charge is -2.00. The number of nitrogens with one attached hydrogen (secondary N) is 1. The van der Waals surface area contributed by atoms with E-state index in [0.717, 1.165) is 15.9 Å². The van der Waals surface area contributed by atoms with Crippen molar-refractivity contribution in [2.75, 3.05) is 6.61 Å². The van der Waals surface area contributed by atoms with Crippen molar-refractivity contribution in [3.05, 3.63) is 21.4 Å². The molecule has 0 fully saturated rings. The van der Waals surface area contributed by atoms with Crippen LogP contribution in [0.15, 0.2) is 4.47 Å². The van der Waals surface area contributed by atoms with Gasteiger partial charge < -0.3 is 9.72 Å². The van der Waals surface area contributed by atoms with E-state index < -0.39 is 0 Å². The summed E-state index contributed by atoms with van der Waals surface area (Å²) in [6, 6.07) is 0. The molecule has 0 spiro atoms. The fraction of sp³-hybridized carbons (Fsp3) is 0.444. The lowest BCUT2D eigenvalue weighted by molar-refractivity contribution is 0.0524. The molecule has 0 aromatic carbocycles. The molecular formula is C9H12BrNO2. The normalized spacial score (nSPS) is 10.2. The summed E-state index contributed by atoms with van der Waals surface area (Å²) in [6.45, 7) is 5.94. The van der Waals surface area contributed by atoms with E-state index in [1.54, 1.807) is 6.92 Å². The Kier molecular flexibility index (Phi) is 3.14. The van der Waals surface area contributed by atoms with Gasteiger partial charge in [0.2, 0.25) is 0 Å². The lowest BCUT2D eigenvalue weighted by Crippen LogP contribution is -2.05. The fourth-order valence-corrected chi connectivity index (χ4v) is 1.76. The summed E-state index contributed by atoms with van der Waals surface area (Å²) in [5.74, 6) is -0.281. The number of halogens is 1. The summed E-state index contributed by atoms with van der Waals surface area (Å²) in [7, 11) is 0. The average molecular weight is 246 g/mol. The zero-order valence-corrected chi connectivity index (χ0v) is 9.49.